The maximum absolute atomic E-state index is 13.8. The molecule has 7 heteroatoms. The lowest BCUT2D eigenvalue weighted by atomic mass is 9.94. The first-order valence-electron chi connectivity index (χ1n) is 11.0. The summed E-state index contributed by atoms with van der Waals surface area (Å²) in [5.41, 5.74) is 3.55. The maximum atomic E-state index is 13.8. The Labute approximate surface area is 207 Å². The number of Topliss-reactive ketones (excluding diaryl/α,β-unsaturated/α-hetero) is 1. The number of para-hydroxylation sites is 1. The molecule has 35 heavy (non-hydrogen) atoms. The van der Waals surface area contributed by atoms with Gasteiger partial charge in [-0.3, -0.25) is 14.5 Å². The molecule has 0 saturated heterocycles. The zero-order valence-electron chi connectivity index (χ0n) is 19.3. The number of aliphatic hydroxyl groups is 1. The number of aliphatic hydroxyl groups excluding tert-OH is 1. The number of ether oxygens (including phenoxy) is 1. The van der Waals surface area contributed by atoms with Crippen LogP contribution < -0.4 is 9.64 Å². The third-order valence-electron chi connectivity index (χ3n) is 6.36. The molecule has 1 N–H and O–H groups in total. The fraction of sp³-hybridized carbons (Fsp3) is 0.143. The normalized spacial score (nSPS) is 15.8. The summed E-state index contributed by atoms with van der Waals surface area (Å²) in [5.74, 6) is -1.41. The van der Waals surface area contributed by atoms with Crippen LogP contribution in [-0.2, 0) is 4.79 Å². The molecule has 176 valence electrons. The third kappa shape index (κ3) is 3.76. The average molecular weight is 488 g/mol. The van der Waals surface area contributed by atoms with Crippen LogP contribution in [0.4, 0.5) is 5.69 Å². The van der Waals surface area contributed by atoms with Crippen molar-refractivity contribution in [3.8, 4) is 5.75 Å². The number of benzene rings is 3. The van der Waals surface area contributed by atoms with Crippen LogP contribution in [-0.4, -0.2) is 23.9 Å². The van der Waals surface area contributed by atoms with Crippen LogP contribution in [0.25, 0.3) is 11.0 Å². The Bertz CT molecular complexity index is 1530. The summed E-state index contributed by atoms with van der Waals surface area (Å²) in [4.78, 5) is 28.6. The van der Waals surface area contributed by atoms with Gasteiger partial charge in [0.15, 0.2) is 11.5 Å². The first kappa shape index (κ1) is 22.7. The molecule has 0 spiro atoms. The number of hydrogen-bond donors (Lipinski definition) is 1. The number of carbonyl (C=O) groups is 2. The lowest BCUT2D eigenvalue weighted by Gasteiger charge is -2.28. The van der Waals surface area contributed by atoms with Crippen molar-refractivity contribution in [2.75, 3.05) is 12.0 Å². The zero-order chi connectivity index (χ0) is 24.9. The number of fused-ring (bicyclic) bond motifs is 1. The summed E-state index contributed by atoms with van der Waals surface area (Å²) in [7, 11) is 1.52. The second-order valence-corrected chi connectivity index (χ2v) is 8.91. The Balaban J connectivity index is 1.70. The molecule has 2 heterocycles. The summed E-state index contributed by atoms with van der Waals surface area (Å²) in [6.07, 6.45) is 0. The minimum atomic E-state index is -0.926. The number of hydrogen-bond acceptors (Lipinski definition) is 5. The molecule has 0 radical (unpaired) electrons. The summed E-state index contributed by atoms with van der Waals surface area (Å²) >= 11 is 6.08. The van der Waals surface area contributed by atoms with E-state index in [0.29, 0.717) is 33.0 Å². The van der Waals surface area contributed by atoms with E-state index in [1.807, 2.05) is 26.0 Å². The number of rotatable bonds is 5. The topological polar surface area (TPSA) is 80.0 Å². The molecular weight excluding hydrogens is 466 g/mol. The van der Waals surface area contributed by atoms with Crippen molar-refractivity contribution in [3.63, 3.8) is 0 Å². The fourth-order valence-corrected chi connectivity index (χ4v) is 4.60. The first-order chi connectivity index (χ1) is 16.8. The highest BCUT2D eigenvalue weighted by Crippen LogP contribution is 2.45. The van der Waals surface area contributed by atoms with Crippen molar-refractivity contribution < 1.29 is 23.8 Å². The summed E-state index contributed by atoms with van der Waals surface area (Å²) in [6.45, 7) is 3.91. The molecule has 1 aromatic heterocycles. The smallest absolute Gasteiger partial charge is 0.294 e. The van der Waals surface area contributed by atoms with Crippen LogP contribution in [0.5, 0.6) is 5.75 Å². The van der Waals surface area contributed by atoms with Gasteiger partial charge in [0.25, 0.3) is 5.91 Å². The number of ketones is 1. The zero-order valence-corrected chi connectivity index (χ0v) is 20.1. The van der Waals surface area contributed by atoms with Gasteiger partial charge in [-0.2, -0.15) is 0 Å². The van der Waals surface area contributed by atoms with E-state index >= 15 is 0 Å². The summed E-state index contributed by atoms with van der Waals surface area (Å²) < 4.78 is 11.3. The second kappa shape index (κ2) is 8.64. The van der Waals surface area contributed by atoms with Crippen LogP contribution in [0.15, 0.2) is 82.5 Å². The molecular formula is C28H22ClNO5. The Morgan fingerprint density at radius 1 is 1.03 bits per heavy atom. The first-order valence-corrected chi connectivity index (χ1v) is 11.4. The van der Waals surface area contributed by atoms with E-state index in [-0.39, 0.29) is 11.3 Å². The molecule has 1 amide bonds. The van der Waals surface area contributed by atoms with Gasteiger partial charge in [0.05, 0.1) is 18.7 Å². The number of anilines is 1. The molecule has 0 saturated carbocycles. The van der Waals surface area contributed by atoms with Crippen LogP contribution in [0.3, 0.4) is 0 Å². The third-order valence-corrected chi connectivity index (χ3v) is 6.59. The van der Waals surface area contributed by atoms with E-state index in [4.69, 9.17) is 20.8 Å². The van der Waals surface area contributed by atoms with Gasteiger partial charge in [-0.05, 0) is 67.4 Å². The van der Waals surface area contributed by atoms with Gasteiger partial charge >= 0.3 is 0 Å². The molecule has 0 aliphatic carbocycles. The number of nitrogens with zero attached hydrogens (tertiary/aromatic N) is 1. The van der Waals surface area contributed by atoms with Crippen LogP contribution in [0.1, 0.15) is 33.3 Å². The number of halogens is 1. The maximum Gasteiger partial charge on any atom is 0.294 e. The molecule has 6 nitrogen and oxygen atoms in total. The Kier molecular flexibility index (Phi) is 5.61. The number of methoxy groups -OCH3 is 1. The van der Waals surface area contributed by atoms with Crippen molar-refractivity contribution in [1.29, 1.82) is 0 Å². The van der Waals surface area contributed by atoms with Gasteiger partial charge in [0, 0.05) is 21.7 Å². The minimum Gasteiger partial charge on any atom is -0.503 e. The number of aryl methyl sites for hydroxylation is 2. The monoisotopic (exact) mass is 487 g/mol. The van der Waals surface area contributed by atoms with Crippen molar-refractivity contribution in [2.45, 2.75) is 19.9 Å². The van der Waals surface area contributed by atoms with E-state index in [9.17, 15) is 14.7 Å². The van der Waals surface area contributed by atoms with Crippen molar-refractivity contribution in [3.05, 3.63) is 106 Å². The van der Waals surface area contributed by atoms with E-state index in [1.54, 1.807) is 54.6 Å². The summed E-state index contributed by atoms with van der Waals surface area (Å²) in [5, 5.41) is 12.2. The van der Waals surface area contributed by atoms with E-state index in [1.165, 1.54) is 12.0 Å². The molecule has 5 rings (SSSR count). The number of furan rings is 1. The van der Waals surface area contributed by atoms with Gasteiger partial charge in [-0.25, -0.2) is 0 Å². The quantitative estimate of drug-likeness (QED) is 0.325. The molecule has 3 aromatic carbocycles. The van der Waals surface area contributed by atoms with Gasteiger partial charge in [-0.1, -0.05) is 35.9 Å². The van der Waals surface area contributed by atoms with Gasteiger partial charge in [0.2, 0.25) is 5.78 Å². The molecule has 1 aliphatic heterocycles. The van der Waals surface area contributed by atoms with Crippen molar-refractivity contribution in [2.24, 2.45) is 0 Å². The Morgan fingerprint density at radius 3 is 2.54 bits per heavy atom. The van der Waals surface area contributed by atoms with Crippen LogP contribution in [0, 0.1) is 13.8 Å². The molecule has 0 bridgehead atoms. The molecule has 1 unspecified atom stereocenters. The van der Waals surface area contributed by atoms with Crippen LogP contribution in [0.2, 0.25) is 5.02 Å². The van der Waals surface area contributed by atoms with Crippen molar-refractivity contribution in [1.82, 2.24) is 0 Å². The predicted octanol–water partition coefficient (Wildman–Crippen LogP) is 6.49. The number of carbonyl (C=O) groups excluding carboxylic acids is 2. The van der Waals surface area contributed by atoms with Gasteiger partial charge in [0.1, 0.15) is 11.3 Å². The van der Waals surface area contributed by atoms with E-state index < -0.39 is 23.5 Å². The van der Waals surface area contributed by atoms with Gasteiger partial charge in [-0.15, -0.1) is 0 Å². The largest absolute Gasteiger partial charge is 0.503 e. The lowest BCUT2D eigenvalue weighted by Crippen LogP contribution is -2.31. The average Bonchev–Trinajstić information content (AvgIpc) is 3.39. The van der Waals surface area contributed by atoms with E-state index in [0.717, 1.165) is 11.1 Å². The van der Waals surface area contributed by atoms with Crippen LogP contribution >= 0.6 is 11.6 Å². The second-order valence-electron chi connectivity index (χ2n) is 8.47. The fourth-order valence-electron chi connectivity index (χ4n) is 4.42. The van der Waals surface area contributed by atoms with Gasteiger partial charge < -0.3 is 14.3 Å². The SMILES string of the molecule is COc1ccccc1C1C(C(=O)c2cc3cc(Cl)ccc3o2)=C(O)C(=O)N1c1ccc(C)c(C)c1. The number of amides is 1. The highest BCUT2D eigenvalue weighted by molar-refractivity contribution is 6.31. The predicted molar refractivity (Wildman–Crippen MR) is 134 cm³/mol. The van der Waals surface area contributed by atoms with E-state index in [2.05, 4.69) is 0 Å². The Hall–Kier alpha value is -4.03. The molecule has 1 aliphatic rings. The highest BCUT2D eigenvalue weighted by atomic mass is 35.5. The lowest BCUT2D eigenvalue weighted by molar-refractivity contribution is -0.117. The Morgan fingerprint density at radius 2 is 1.80 bits per heavy atom. The molecule has 0 fully saturated rings. The summed E-state index contributed by atoms with van der Waals surface area (Å²) in [6, 6.07) is 18.3. The molecule has 1 atom stereocenters. The minimum absolute atomic E-state index is 0.00143. The molecule has 4 aromatic rings. The highest BCUT2D eigenvalue weighted by Gasteiger charge is 2.46. The van der Waals surface area contributed by atoms with Crippen molar-refractivity contribution >= 4 is 39.9 Å². The standard InChI is InChI=1S/C28H22ClNO5/c1-15-8-10-19(12-16(15)2)30-25(20-6-4-5-7-22(20)34-3)24(27(32)28(30)33)26(31)23-14-17-13-18(29)9-11-21(17)35-23/h4-14,25,32H,1-3H3.